The van der Waals surface area contributed by atoms with E-state index >= 15 is 0 Å². The molecule has 0 fully saturated rings. The number of benzene rings is 1. The first-order chi connectivity index (χ1) is 8.61. The summed E-state index contributed by atoms with van der Waals surface area (Å²) in [5.74, 6) is -0.486. The van der Waals surface area contributed by atoms with Gasteiger partial charge in [-0.05, 0) is 30.7 Å². The van der Waals surface area contributed by atoms with Crippen LogP contribution in [0.3, 0.4) is 0 Å². The van der Waals surface area contributed by atoms with Gasteiger partial charge in [-0.15, -0.1) is 0 Å². The molecule has 0 saturated carbocycles. The highest BCUT2D eigenvalue weighted by Gasteiger charge is 2.07. The molecule has 0 spiro atoms. The zero-order valence-electron chi connectivity index (χ0n) is 9.64. The summed E-state index contributed by atoms with van der Waals surface area (Å²) in [7, 11) is 0. The molecule has 2 rings (SSSR count). The van der Waals surface area contributed by atoms with E-state index in [0.717, 1.165) is 22.1 Å². The smallest absolute Gasteiger partial charge is 0.251 e. The van der Waals surface area contributed by atoms with E-state index in [1.54, 1.807) is 10.9 Å². The average Bonchev–Trinajstić information content (AvgIpc) is 2.81. The van der Waals surface area contributed by atoms with E-state index in [4.69, 9.17) is 11.5 Å². The van der Waals surface area contributed by atoms with Crippen molar-refractivity contribution in [3.63, 3.8) is 0 Å². The maximum absolute atomic E-state index is 11.0. The van der Waals surface area contributed by atoms with E-state index in [1.807, 2.05) is 18.2 Å². The van der Waals surface area contributed by atoms with Gasteiger partial charge in [0.1, 0.15) is 0 Å². The Bertz CT molecular complexity index is 579. The van der Waals surface area contributed by atoms with Gasteiger partial charge in [-0.1, -0.05) is 22.0 Å². The van der Waals surface area contributed by atoms with Crippen molar-refractivity contribution in [3.8, 4) is 5.69 Å². The molecule has 0 aliphatic carbocycles. The van der Waals surface area contributed by atoms with Gasteiger partial charge in [0, 0.05) is 10.7 Å². The van der Waals surface area contributed by atoms with Crippen LogP contribution in [0, 0.1) is 0 Å². The summed E-state index contributed by atoms with van der Waals surface area (Å²) < 4.78 is 2.58. The molecule has 4 N–H and O–H groups in total. The van der Waals surface area contributed by atoms with Crippen molar-refractivity contribution >= 4 is 21.8 Å². The van der Waals surface area contributed by atoms with Gasteiger partial charge in [0.2, 0.25) is 0 Å². The number of carbonyl (C=O) groups excluding carboxylic acids is 1. The van der Waals surface area contributed by atoms with Crippen LogP contribution < -0.4 is 11.5 Å². The number of halogens is 1. The van der Waals surface area contributed by atoms with Crippen molar-refractivity contribution < 1.29 is 4.79 Å². The highest BCUT2D eigenvalue weighted by Crippen LogP contribution is 2.21. The van der Waals surface area contributed by atoms with Crippen LogP contribution in [0.2, 0.25) is 0 Å². The summed E-state index contributed by atoms with van der Waals surface area (Å²) in [5, 5.41) is 4.09. The van der Waals surface area contributed by atoms with Crippen molar-refractivity contribution in [3.05, 3.63) is 46.2 Å². The fourth-order valence-corrected chi connectivity index (χ4v) is 2.19. The number of carbonyl (C=O) groups is 1. The zero-order valence-corrected chi connectivity index (χ0v) is 11.2. The molecular weight excluding hydrogens is 296 g/mol. The first-order valence-electron chi connectivity index (χ1n) is 5.45. The number of hydrogen-bond donors (Lipinski definition) is 2. The molecule has 0 aliphatic heterocycles. The number of hydrogen-bond acceptors (Lipinski definition) is 3. The molecule has 0 atom stereocenters. The Kier molecular flexibility index (Phi) is 3.78. The summed E-state index contributed by atoms with van der Waals surface area (Å²) in [6, 6.07) is 5.84. The van der Waals surface area contributed by atoms with E-state index in [0.29, 0.717) is 12.1 Å². The third-order valence-corrected chi connectivity index (χ3v) is 3.32. The Morgan fingerprint density at radius 3 is 2.78 bits per heavy atom. The third kappa shape index (κ3) is 2.60. The standard InChI is InChI=1S/C12H13BrN4O/c13-11-5-10(2-1-8(11)3-4-14)17-7-9(6-16-17)12(15)18/h1-2,5-7H,3-4,14H2,(H2,15,18). The number of nitrogens with zero attached hydrogens (tertiary/aromatic N) is 2. The van der Waals surface area contributed by atoms with E-state index in [9.17, 15) is 4.79 Å². The van der Waals surface area contributed by atoms with Gasteiger partial charge in [-0.3, -0.25) is 4.79 Å². The zero-order chi connectivity index (χ0) is 13.1. The summed E-state index contributed by atoms with van der Waals surface area (Å²) in [6.07, 6.45) is 3.86. The van der Waals surface area contributed by atoms with Crippen LogP contribution in [-0.2, 0) is 6.42 Å². The number of aromatic nitrogens is 2. The summed E-state index contributed by atoms with van der Waals surface area (Å²) in [4.78, 5) is 11.0. The normalized spacial score (nSPS) is 10.6. The molecule has 0 bridgehead atoms. The van der Waals surface area contributed by atoms with Gasteiger partial charge in [0.15, 0.2) is 0 Å². The molecule has 0 unspecified atom stereocenters. The molecule has 1 aromatic carbocycles. The Labute approximate surface area is 113 Å². The van der Waals surface area contributed by atoms with Crippen LogP contribution >= 0.6 is 15.9 Å². The van der Waals surface area contributed by atoms with Crippen molar-refractivity contribution in [2.24, 2.45) is 11.5 Å². The third-order valence-electron chi connectivity index (χ3n) is 2.58. The van der Waals surface area contributed by atoms with E-state index in [1.165, 1.54) is 6.20 Å². The summed E-state index contributed by atoms with van der Waals surface area (Å²) in [5.41, 5.74) is 13.1. The quantitative estimate of drug-likeness (QED) is 0.890. The molecule has 18 heavy (non-hydrogen) atoms. The maximum atomic E-state index is 11.0. The van der Waals surface area contributed by atoms with Crippen LogP contribution in [0.4, 0.5) is 0 Å². The van der Waals surface area contributed by atoms with Crippen LogP contribution in [0.15, 0.2) is 35.1 Å². The minimum Gasteiger partial charge on any atom is -0.366 e. The second kappa shape index (κ2) is 5.32. The molecule has 2 aromatic rings. The first kappa shape index (κ1) is 12.8. The molecule has 6 heteroatoms. The highest BCUT2D eigenvalue weighted by molar-refractivity contribution is 9.10. The lowest BCUT2D eigenvalue weighted by molar-refractivity contribution is 0.100. The van der Waals surface area contributed by atoms with E-state index in [2.05, 4.69) is 21.0 Å². The summed E-state index contributed by atoms with van der Waals surface area (Å²) >= 11 is 3.49. The van der Waals surface area contributed by atoms with Crippen LogP contribution in [0.25, 0.3) is 5.69 Å². The second-order valence-corrected chi connectivity index (χ2v) is 4.71. The number of primary amides is 1. The lowest BCUT2D eigenvalue weighted by Crippen LogP contribution is -2.09. The highest BCUT2D eigenvalue weighted by atomic mass is 79.9. The molecule has 1 aromatic heterocycles. The minimum absolute atomic E-state index is 0.386. The van der Waals surface area contributed by atoms with Gasteiger partial charge in [0.25, 0.3) is 5.91 Å². The van der Waals surface area contributed by atoms with Crippen LogP contribution in [-0.4, -0.2) is 22.2 Å². The Balaban J connectivity index is 2.33. The predicted octanol–water partition coefficient (Wildman–Crippen LogP) is 1.23. The van der Waals surface area contributed by atoms with Crippen molar-refractivity contribution in [2.45, 2.75) is 6.42 Å². The Morgan fingerprint density at radius 1 is 1.44 bits per heavy atom. The second-order valence-electron chi connectivity index (χ2n) is 3.85. The van der Waals surface area contributed by atoms with Gasteiger partial charge in [0.05, 0.1) is 17.4 Å². The number of amides is 1. The van der Waals surface area contributed by atoms with Gasteiger partial charge < -0.3 is 11.5 Å². The average molecular weight is 309 g/mol. The SMILES string of the molecule is NCCc1ccc(-n2cc(C(N)=O)cn2)cc1Br. The first-order valence-corrected chi connectivity index (χ1v) is 6.24. The van der Waals surface area contributed by atoms with Crippen LogP contribution in [0.5, 0.6) is 0 Å². The topological polar surface area (TPSA) is 86.9 Å². The predicted molar refractivity (Wildman–Crippen MR) is 72.5 cm³/mol. The number of nitrogens with two attached hydrogens (primary N) is 2. The molecule has 0 radical (unpaired) electrons. The summed E-state index contributed by atoms with van der Waals surface area (Å²) in [6.45, 7) is 0.603. The molecule has 1 amide bonds. The lowest BCUT2D eigenvalue weighted by atomic mass is 10.1. The van der Waals surface area contributed by atoms with Crippen molar-refractivity contribution in [2.75, 3.05) is 6.54 Å². The van der Waals surface area contributed by atoms with Gasteiger partial charge in [-0.2, -0.15) is 5.10 Å². The monoisotopic (exact) mass is 308 g/mol. The fourth-order valence-electron chi connectivity index (χ4n) is 1.63. The minimum atomic E-state index is -0.486. The van der Waals surface area contributed by atoms with E-state index < -0.39 is 5.91 Å². The van der Waals surface area contributed by atoms with Crippen LogP contribution in [0.1, 0.15) is 15.9 Å². The Morgan fingerprint density at radius 2 is 2.22 bits per heavy atom. The molecule has 0 aliphatic rings. The Hall–Kier alpha value is -1.66. The maximum Gasteiger partial charge on any atom is 0.251 e. The van der Waals surface area contributed by atoms with Crippen molar-refractivity contribution in [1.29, 1.82) is 0 Å². The fraction of sp³-hybridized carbons (Fsp3) is 0.167. The molecule has 0 saturated heterocycles. The molecule has 5 nitrogen and oxygen atoms in total. The molecule has 94 valence electrons. The molecular formula is C12H13BrN4O. The number of rotatable bonds is 4. The molecule has 1 heterocycles. The van der Waals surface area contributed by atoms with Crippen molar-refractivity contribution in [1.82, 2.24) is 9.78 Å². The largest absolute Gasteiger partial charge is 0.366 e. The van der Waals surface area contributed by atoms with E-state index in [-0.39, 0.29) is 0 Å². The van der Waals surface area contributed by atoms with Gasteiger partial charge in [-0.25, -0.2) is 4.68 Å². The van der Waals surface area contributed by atoms with Gasteiger partial charge >= 0.3 is 0 Å². The lowest BCUT2D eigenvalue weighted by Gasteiger charge is -2.06.